The molecule has 0 radical (unpaired) electrons. The lowest BCUT2D eigenvalue weighted by Gasteiger charge is -2.40. The molecule has 3 aliphatic carbocycles. The highest BCUT2D eigenvalue weighted by Gasteiger charge is 2.33. The molecule has 3 aliphatic rings. The Morgan fingerprint density at radius 1 is 1.18 bits per heavy atom. The van der Waals surface area contributed by atoms with E-state index in [1.807, 2.05) is 0 Å². The molecule has 0 unspecified atom stereocenters. The normalized spacial score (nSPS) is 41.9. The zero-order valence-corrected chi connectivity index (χ0v) is 7.59. The van der Waals surface area contributed by atoms with Crippen LogP contribution in [0.4, 0.5) is 0 Å². The van der Waals surface area contributed by atoms with Crippen molar-refractivity contribution < 1.29 is 0 Å². The van der Waals surface area contributed by atoms with Crippen LogP contribution in [0.2, 0.25) is 0 Å². The second kappa shape index (κ2) is 2.66. The van der Waals surface area contributed by atoms with Gasteiger partial charge in [0.15, 0.2) is 0 Å². The summed E-state index contributed by atoms with van der Waals surface area (Å²) in [5.74, 6) is 3.76. The molecule has 62 valence electrons. The van der Waals surface area contributed by atoms with Crippen LogP contribution in [-0.2, 0) is 0 Å². The molecule has 1 fully saturated rings. The van der Waals surface area contributed by atoms with E-state index in [1.165, 1.54) is 19.3 Å². The second-order valence-corrected chi connectivity index (χ2v) is 4.53. The molecule has 0 N–H and O–H groups in total. The number of rotatable bonds is 1. The van der Waals surface area contributed by atoms with E-state index in [0.717, 1.165) is 23.7 Å². The van der Waals surface area contributed by atoms with Crippen LogP contribution in [0.1, 0.15) is 33.1 Å². The van der Waals surface area contributed by atoms with Crippen molar-refractivity contribution in [3.8, 4) is 0 Å². The third kappa shape index (κ3) is 1.23. The molecule has 3 atom stereocenters. The van der Waals surface area contributed by atoms with E-state index in [1.54, 1.807) is 0 Å². The van der Waals surface area contributed by atoms with Gasteiger partial charge in [-0.15, -0.1) is 0 Å². The van der Waals surface area contributed by atoms with Gasteiger partial charge in [0.2, 0.25) is 0 Å². The smallest absolute Gasteiger partial charge is 0.0202 e. The first-order chi connectivity index (χ1) is 5.27. The maximum atomic E-state index is 2.47. The van der Waals surface area contributed by atoms with Crippen molar-refractivity contribution in [2.24, 2.45) is 23.7 Å². The van der Waals surface area contributed by atoms with E-state index < -0.39 is 0 Å². The first kappa shape index (κ1) is 7.39. The van der Waals surface area contributed by atoms with E-state index in [-0.39, 0.29) is 0 Å². The molecule has 11 heavy (non-hydrogen) atoms. The number of hydrogen-bond donors (Lipinski definition) is 0. The predicted octanol–water partition coefficient (Wildman–Crippen LogP) is 3.24. The van der Waals surface area contributed by atoms with Gasteiger partial charge in [0.25, 0.3) is 0 Å². The second-order valence-electron chi connectivity index (χ2n) is 4.53. The van der Waals surface area contributed by atoms with Gasteiger partial charge in [0, 0.05) is 0 Å². The molecule has 0 heteroatoms. The Labute approximate surface area is 69.7 Å². The number of hydrogen-bond acceptors (Lipinski definition) is 0. The van der Waals surface area contributed by atoms with Gasteiger partial charge in [0.1, 0.15) is 0 Å². The molecule has 0 nitrogen and oxygen atoms in total. The van der Waals surface area contributed by atoms with Crippen LogP contribution >= 0.6 is 0 Å². The van der Waals surface area contributed by atoms with Crippen LogP contribution < -0.4 is 0 Å². The Morgan fingerprint density at radius 3 is 2.27 bits per heavy atom. The molecule has 0 spiro atoms. The number of allylic oxidation sites excluding steroid dienone is 2. The Hall–Kier alpha value is -0.260. The van der Waals surface area contributed by atoms with Crippen molar-refractivity contribution in [1.82, 2.24) is 0 Å². The highest BCUT2D eigenvalue weighted by atomic mass is 14.4. The highest BCUT2D eigenvalue weighted by Crippen LogP contribution is 2.43. The third-order valence-corrected chi connectivity index (χ3v) is 3.48. The minimum absolute atomic E-state index is 0.896. The zero-order chi connectivity index (χ0) is 7.84. The van der Waals surface area contributed by atoms with Crippen LogP contribution in [-0.4, -0.2) is 0 Å². The summed E-state index contributed by atoms with van der Waals surface area (Å²) in [6, 6.07) is 0. The number of fused-ring (bicyclic) bond motifs is 2. The molecule has 0 aliphatic heterocycles. The van der Waals surface area contributed by atoms with E-state index in [0.29, 0.717) is 0 Å². The van der Waals surface area contributed by atoms with Crippen molar-refractivity contribution in [2.45, 2.75) is 33.1 Å². The predicted molar refractivity (Wildman–Crippen MR) is 48.3 cm³/mol. The van der Waals surface area contributed by atoms with E-state index in [9.17, 15) is 0 Å². The quantitative estimate of drug-likeness (QED) is 0.503. The van der Waals surface area contributed by atoms with Crippen molar-refractivity contribution in [3.63, 3.8) is 0 Å². The van der Waals surface area contributed by atoms with E-state index in [4.69, 9.17) is 0 Å². The summed E-state index contributed by atoms with van der Waals surface area (Å²) in [5.41, 5.74) is 0. The topological polar surface area (TPSA) is 0 Å². The first-order valence-electron chi connectivity index (χ1n) is 4.95. The summed E-state index contributed by atoms with van der Waals surface area (Å²) in [4.78, 5) is 0. The lowest BCUT2D eigenvalue weighted by atomic mass is 9.65. The SMILES string of the molecule is CC(C)[C@H]1C[C@H]2C=C[C@@H]1CC2. The van der Waals surface area contributed by atoms with Gasteiger partial charge in [-0.2, -0.15) is 0 Å². The van der Waals surface area contributed by atoms with Crippen LogP contribution in [0.5, 0.6) is 0 Å². The average Bonchev–Trinajstić information content (AvgIpc) is 2.06. The van der Waals surface area contributed by atoms with Crippen LogP contribution in [0.15, 0.2) is 12.2 Å². The van der Waals surface area contributed by atoms with Gasteiger partial charge in [0.05, 0.1) is 0 Å². The van der Waals surface area contributed by atoms with E-state index in [2.05, 4.69) is 26.0 Å². The van der Waals surface area contributed by atoms with Gasteiger partial charge in [-0.05, 0) is 42.9 Å². The summed E-state index contributed by atoms with van der Waals surface area (Å²) < 4.78 is 0. The van der Waals surface area contributed by atoms with Gasteiger partial charge in [-0.3, -0.25) is 0 Å². The Bertz CT molecular complexity index is 167. The molecule has 0 saturated heterocycles. The molecule has 3 rings (SSSR count). The fourth-order valence-corrected chi connectivity index (χ4v) is 2.74. The van der Waals surface area contributed by atoms with Gasteiger partial charge in [-0.25, -0.2) is 0 Å². The maximum absolute atomic E-state index is 2.47. The molecule has 0 heterocycles. The molecule has 0 aromatic heterocycles. The third-order valence-electron chi connectivity index (χ3n) is 3.48. The Balaban J connectivity index is 2.11. The fourth-order valence-electron chi connectivity index (χ4n) is 2.74. The minimum atomic E-state index is 0.896. The zero-order valence-electron chi connectivity index (χ0n) is 7.59. The van der Waals surface area contributed by atoms with Crippen molar-refractivity contribution in [3.05, 3.63) is 12.2 Å². The Kier molecular flexibility index (Phi) is 1.78. The summed E-state index contributed by atoms with van der Waals surface area (Å²) in [5, 5.41) is 0. The monoisotopic (exact) mass is 150 g/mol. The molecule has 1 saturated carbocycles. The van der Waals surface area contributed by atoms with Crippen LogP contribution in [0.3, 0.4) is 0 Å². The molecular weight excluding hydrogens is 132 g/mol. The summed E-state index contributed by atoms with van der Waals surface area (Å²) in [6.07, 6.45) is 9.32. The molecular formula is C11H18. The summed E-state index contributed by atoms with van der Waals surface area (Å²) in [6.45, 7) is 4.75. The van der Waals surface area contributed by atoms with Crippen LogP contribution in [0.25, 0.3) is 0 Å². The van der Waals surface area contributed by atoms with Crippen molar-refractivity contribution in [2.75, 3.05) is 0 Å². The standard InChI is InChI=1S/C11H18/c1-8(2)11-7-9-3-5-10(11)6-4-9/h3,5,8-11H,4,6-7H2,1-2H3/t9-,10+,11+/m0/s1. The van der Waals surface area contributed by atoms with E-state index >= 15 is 0 Å². The fraction of sp³-hybridized carbons (Fsp3) is 0.818. The van der Waals surface area contributed by atoms with Crippen molar-refractivity contribution >= 4 is 0 Å². The minimum Gasteiger partial charge on any atom is -0.0851 e. The average molecular weight is 150 g/mol. The van der Waals surface area contributed by atoms with Gasteiger partial charge < -0.3 is 0 Å². The summed E-state index contributed by atoms with van der Waals surface area (Å²) in [7, 11) is 0. The van der Waals surface area contributed by atoms with Crippen molar-refractivity contribution in [1.29, 1.82) is 0 Å². The molecule has 0 aromatic rings. The largest absolute Gasteiger partial charge is 0.0851 e. The molecule has 0 amide bonds. The molecule has 2 bridgehead atoms. The van der Waals surface area contributed by atoms with Gasteiger partial charge in [-0.1, -0.05) is 26.0 Å². The van der Waals surface area contributed by atoms with Gasteiger partial charge >= 0.3 is 0 Å². The maximum Gasteiger partial charge on any atom is -0.0202 e. The lowest BCUT2D eigenvalue weighted by molar-refractivity contribution is 0.170. The highest BCUT2D eigenvalue weighted by molar-refractivity contribution is 5.06. The Morgan fingerprint density at radius 2 is 2.00 bits per heavy atom. The summed E-state index contributed by atoms with van der Waals surface area (Å²) >= 11 is 0. The van der Waals surface area contributed by atoms with Crippen LogP contribution in [0, 0.1) is 23.7 Å². The molecule has 0 aromatic carbocycles. The lowest BCUT2D eigenvalue weighted by Crippen LogP contribution is -2.30. The first-order valence-corrected chi connectivity index (χ1v) is 4.95.